The Morgan fingerprint density at radius 3 is 2.73 bits per heavy atom. The lowest BCUT2D eigenvalue weighted by atomic mass is 10.00. The molecule has 0 aromatic carbocycles. The molecule has 1 fully saturated rings. The number of hydrogen-bond donors (Lipinski definition) is 0. The molecule has 1 N–H and O–H groups in total. The first kappa shape index (κ1) is 6.84. The molecule has 0 atom stereocenters. The van der Waals surface area contributed by atoms with Crippen LogP contribution in [0.15, 0.2) is 24.5 Å². The van der Waals surface area contributed by atoms with E-state index < -0.39 is 0 Å². The van der Waals surface area contributed by atoms with Crippen LogP contribution in [0.2, 0.25) is 0 Å². The molecule has 1 heterocycles. The first-order chi connectivity index (χ1) is 5.47. The Morgan fingerprint density at radius 1 is 1.27 bits per heavy atom. The highest BCUT2D eigenvalue weighted by Gasteiger charge is 2.17. The van der Waals surface area contributed by atoms with Crippen LogP contribution in [0.3, 0.4) is 0 Å². The van der Waals surface area contributed by atoms with Crippen LogP contribution >= 0.6 is 0 Å². The smallest absolute Gasteiger partial charge is 0.170 e. The van der Waals surface area contributed by atoms with Crippen LogP contribution in [0.4, 0.5) is 0 Å². The fraction of sp³-hybridized carbons (Fsp3) is 0.500. The number of hydrogen-bond acceptors (Lipinski definition) is 0. The SMILES string of the molecule is c1c[nH+]cc(C2CCCC2)c1. The maximum absolute atomic E-state index is 3.14. The van der Waals surface area contributed by atoms with E-state index in [0.29, 0.717) is 0 Å². The average Bonchev–Trinajstić information content (AvgIpc) is 2.58. The number of pyridine rings is 1. The van der Waals surface area contributed by atoms with Gasteiger partial charge in [-0.25, -0.2) is 4.98 Å². The summed E-state index contributed by atoms with van der Waals surface area (Å²) in [5, 5.41) is 0. The molecule has 58 valence electrons. The molecule has 11 heavy (non-hydrogen) atoms. The highest BCUT2D eigenvalue weighted by Crippen LogP contribution is 2.32. The molecule has 0 saturated heterocycles. The normalized spacial score (nSPS) is 18.9. The minimum atomic E-state index is 0.840. The van der Waals surface area contributed by atoms with Gasteiger partial charge in [0.05, 0.1) is 0 Å². The van der Waals surface area contributed by atoms with Crippen LogP contribution in [0.5, 0.6) is 0 Å². The quantitative estimate of drug-likeness (QED) is 0.579. The van der Waals surface area contributed by atoms with Crippen molar-refractivity contribution in [2.45, 2.75) is 31.6 Å². The zero-order valence-corrected chi connectivity index (χ0v) is 6.72. The van der Waals surface area contributed by atoms with E-state index in [-0.39, 0.29) is 0 Å². The summed E-state index contributed by atoms with van der Waals surface area (Å²) < 4.78 is 0. The Balaban J connectivity index is 2.16. The van der Waals surface area contributed by atoms with E-state index in [2.05, 4.69) is 23.3 Å². The largest absolute Gasteiger partial charge is 0.218 e. The van der Waals surface area contributed by atoms with Gasteiger partial charge >= 0.3 is 0 Å². The molecule has 1 saturated carbocycles. The van der Waals surface area contributed by atoms with Crippen LogP contribution in [-0.4, -0.2) is 0 Å². The van der Waals surface area contributed by atoms with E-state index in [1.807, 2.05) is 6.20 Å². The van der Waals surface area contributed by atoms with E-state index in [1.165, 1.54) is 31.2 Å². The van der Waals surface area contributed by atoms with Crippen LogP contribution in [0.1, 0.15) is 37.2 Å². The zero-order chi connectivity index (χ0) is 7.52. The van der Waals surface area contributed by atoms with E-state index >= 15 is 0 Å². The molecule has 1 aliphatic carbocycles. The van der Waals surface area contributed by atoms with Crippen molar-refractivity contribution in [2.75, 3.05) is 0 Å². The number of aromatic amines is 1. The summed E-state index contributed by atoms with van der Waals surface area (Å²) in [6, 6.07) is 4.32. The lowest BCUT2D eigenvalue weighted by Gasteiger charge is -2.04. The summed E-state index contributed by atoms with van der Waals surface area (Å²) in [5.41, 5.74) is 1.49. The average molecular weight is 148 g/mol. The van der Waals surface area contributed by atoms with Crippen LogP contribution in [-0.2, 0) is 0 Å². The second-order valence-corrected chi connectivity index (χ2v) is 3.32. The Labute approximate surface area is 67.5 Å². The van der Waals surface area contributed by atoms with Crippen molar-refractivity contribution in [3.05, 3.63) is 30.1 Å². The molecule has 0 bridgehead atoms. The van der Waals surface area contributed by atoms with Gasteiger partial charge in [-0.15, -0.1) is 0 Å². The van der Waals surface area contributed by atoms with Crippen molar-refractivity contribution >= 4 is 0 Å². The van der Waals surface area contributed by atoms with Gasteiger partial charge in [0, 0.05) is 11.6 Å². The predicted octanol–water partition coefficient (Wildman–Crippen LogP) is 2.16. The molecule has 1 aliphatic rings. The molecule has 2 rings (SSSR count). The molecule has 0 radical (unpaired) electrons. The van der Waals surface area contributed by atoms with E-state index in [0.717, 1.165) is 5.92 Å². The first-order valence-corrected chi connectivity index (χ1v) is 4.43. The molecule has 1 nitrogen and oxygen atoms in total. The van der Waals surface area contributed by atoms with Crippen LogP contribution in [0.25, 0.3) is 0 Å². The molecular formula is C10H14N+. The van der Waals surface area contributed by atoms with Crippen molar-refractivity contribution in [3.63, 3.8) is 0 Å². The molecule has 1 heteroatoms. The molecule has 1 aromatic heterocycles. The van der Waals surface area contributed by atoms with Crippen molar-refractivity contribution in [1.82, 2.24) is 0 Å². The molecule has 0 amide bonds. The Bertz CT molecular complexity index is 212. The summed E-state index contributed by atoms with van der Waals surface area (Å²) in [6.07, 6.45) is 9.71. The fourth-order valence-electron chi connectivity index (χ4n) is 1.92. The number of aromatic nitrogens is 1. The number of rotatable bonds is 1. The number of H-pyrrole nitrogens is 1. The second kappa shape index (κ2) is 3.04. The summed E-state index contributed by atoms with van der Waals surface area (Å²) in [5.74, 6) is 0.840. The van der Waals surface area contributed by atoms with Gasteiger partial charge in [0.15, 0.2) is 12.4 Å². The molecule has 1 aromatic rings. The van der Waals surface area contributed by atoms with Gasteiger partial charge in [0.25, 0.3) is 0 Å². The molecular weight excluding hydrogens is 134 g/mol. The Morgan fingerprint density at radius 2 is 2.09 bits per heavy atom. The lowest BCUT2D eigenvalue weighted by molar-refractivity contribution is -0.378. The van der Waals surface area contributed by atoms with E-state index in [4.69, 9.17) is 0 Å². The van der Waals surface area contributed by atoms with E-state index in [1.54, 1.807) is 0 Å². The summed E-state index contributed by atoms with van der Waals surface area (Å²) >= 11 is 0. The second-order valence-electron chi connectivity index (χ2n) is 3.32. The van der Waals surface area contributed by atoms with Gasteiger partial charge in [-0.3, -0.25) is 0 Å². The van der Waals surface area contributed by atoms with Gasteiger partial charge < -0.3 is 0 Å². The highest BCUT2D eigenvalue weighted by molar-refractivity contribution is 5.12. The van der Waals surface area contributed by atoms with Crippen LogP contribution < -0.4 is 4.98 Å². The first-order valence-electron chi connectivity index (χ1n) is 4.43. The third-order valence-electron chi connectivity index (χ3n) is 2.56. The molecule has 0 spiro atoms. The molecule has 0 aliphatic heterocycles. The third-order valence-corrected chi connectivity index (χ3v) is 2.56. The van der Waals surface area contributed by atoms with Gasteiger partial charge in [-0.2, -0.15) is 0 Å². The summed E-state index contributed by atoms with van der Waals surface area (Å²) in [6.45, 7) is 0. The van der Waals surface area contributed by atoms with E-state index in [9.17, 15) is 0 Å². The fourth-order valence-corrected chi connectivity index (χ4v) is 1.92. The Kier molecular flexibility index (Phi) is 1.89. The van der Waals surface area contributed by atoms with Crippen LogP contribution in [0, 0.1) is 0 Å². The third kappa shape index (κ3) is 1.42. The number of nitrogens with one attached hydrogen (secondary N) is 1. The van der Waals surface area contributed by atoms with Crippen molar-refractivity contribution in [2.24, 2.45) is 0 Å². The summed E-state index contributed by atoms with van der Waals surface area (Å²) in [7, 11) is 0. The van der Waals surface area contributed by atoms with Gasteiger partial charge in [0.1, 0.15) is 0 Å². The highest BCUT2D eigenvalue weighted by atomic mass is 14.6. The minimum absolute atomic E-state index is 0.840. The maximum Gasteiger partial charge on any atom is 0.170 e. The maximum atomic E-state index is 3.14. The topological polar surface area (TPSA) is 14.1 Å². The predicted molar refractivity (Wildman–Crippen MR) is 44.2 cm³/mol. The van der Waals surface area contributed by atoms with Gasteiger partial charge in [-0.05, 0) is 24.8 Å². The van der Waals surface area contributed by atoms with Crippen molar-refractivity contribution in [1.29, 1.82) is 0 Å². The standard InChI is InChI=1S/C10H13N/c1-2-5-9(4-1)10-6-3-7-11-8-10/h3,6-9H,1-2,4-5H2/p+1. The van der Waals surface area contributed by atoms with Crippen molar-refractivity contribution < 1.29 is 4.98 Å². The van der Waals surface area contributed by atoms with Crippen molar-refractivity contribution in [3.8, 4) is 0 Å². The van der Waals surface area contributed by atoms with Gasteiger partial charge in [0.2, 0.25) is 0 Å². The monoisotopic (exact) mass is 148 g/mol. The lowest BCUT2D eigenvalue weighted by Crippen LogP contribution is -2.03. The molecule has 0 unspecified atom stereocenters. The summed E-state index contributed by atoms with van der Waals surface area (Å²) in [4.78, 5) is 3.14. The minimum Gasteiger partial charge on any atom is -0.218 e. The van der Waals surface area contributed by atoms with Gasteiger partial charge in [-0.1, -0.05) is 12.8 Å². The Hall–Kier alpha value is -0.850. The zero-order valence-electron chi connectivity index (χ0n) is 6.72.